The van der Waals surface area contributed by atoms with Crippen molar-refractivity contribution in [1.82, 2.24) is 0 Å². The Hall–Kier alpha value is -3.59. The predicted octanol–water partition coefficient (Wildman–Crippen LogP) is 2.21. The van der Waals surface area contributed by atoms with Crippen LogP contribution >= 0.6 is 0 Å². The Morgan fingerprint density at radius 2 is 1.55 bits per heavy atom. The van der Waals surface area contributed by atoms with E-state index >= 15 is 0 Å². The summed E-state index contributed by atoms with van der Waals surface area (Å²) in [6.45, 7) is 1.94. The van der Waals surface area contributed by atoms with Gasteiger partial charge < -0.3 is 9.57 Å². The highest BCUT2D eigenvalue weighted by molar-refractivity contribution is 6.23. The van der Waals surface area contributed by atoms with Crippen LogP contribution in [0.3, 0.4) is 0 Å². The van der Waals surface area contributed by atoms with Crippen molar-refractivity contribution in [3.8, 4) is 0 Å². The van der Waals surface area contributed by atoms with Gasteiger partial charge in [0, 0.05) is 17.7 Å². The fourth-order valence-electron chi connectivity index (χ4n) is 5.30. The topological polar surface area (TPSA) is 111 Å². The molecule has 2 bridgehead atoms. The summed E-state index contributed by atoms with van der Waals surface area (Å²) in [5.41, 5.74) is 2.86. The van der Waals surface area contributed by atoms with Gasteiger partial charge in [-0.05, 0) is 31.2 Å². The number of carbonyl (C=O) groups excluding carboxylic acids is 2. The number of anilines is 1. The summed E-state index contributed by atoms with van der Waals surface area (Å²) in [7, 11) is 0. The van der Waals surface area contributed by atoms with Gasteiger partial charge >= 0.3 is 0 Å². The fourth-order valence-corrected chi connectivity index (χ4v) is 5.30. The van der Waals surface area contributed by atoms with Crippen molar-refractivity contribution >= 4 is 28.9 Å². The molecule has 3 fully saturated rings. The number of nitrogens with zero attached hydrogens (tertiary/aromatic N) is 3. The molecule has 9 heteroatoms. The Balaban J connectivity index is 1.32. The second-order valence-corrected chi connectivity index (χ2v) is 8.34. The van der Waals surface area contributed by atoms with Crippen LogP contribution in [0.2, 0.25) is 0 Å². The normalized spacial score (nSPS) is 32.7. The summed E-state index contributed by atoms with van der Waals surface area (Å²) in [5.74, 6) is -2.02. The van der Waals surface area contributed by atoms with E-state index in [0.717, 1.165) is 5.56 Å². The smallest absolute Gasteiger partial charge is 0.269 e. The molecule has 0 unspecified atom stereocenters. The van der Waals surface area contributed by atoms with Crippen molar-refractivity contribution in [2.45, 2.75) is 25.2 Å². The molecule has 2 aromatic rings. The molecule has 0 aromatic heterocycles. The Kier molecular flexibility index (Phi) is 3.64. The fraction of sp³-hybridized carbons (Fsp3) is 0.318. The van der Waals surface area contributed by atoms with Gasteiger partial charge in [0.25, 0.3) is 5.69 Å². The van der Waals surface area contributed by atoms with E-state index in [-0.39, 0.29) is 23.4 Å². The number of aryl methyl sites for hydroxylation is 1. The number of carbonyl (C=O) groups is 2. The quantitative estimate of drug-likeness (QED) is 0.428. The lowest BCUT2D eigenvalue weighted by atomic mass is 9.71. The first-order valence-corrected chi connectivity index (χ1v) is 10.0. The van der Waals surface area contributed by atoms with Gasteiger partial charge in [0.05, 0.1) is 40.2 Å². The number of oxime groups is 1. The number of nitro benzene ring substituents is 1. The van der Waals surface area contributed by atoms with Gasteiger partial charge in [-0.15, -0.1) is 0 Å². The molecule has 3 saturated heterocycles. The van der Waals surface area contributed by atoms with Crippen LogP contribution in [0.5, 0.6) is 0 Å². The third-order valence-electron chi connectivity index (χ3n) is 6.71. The van der Waals surface area contributed by atoms with Crippen molar-refractivity contribution in [3.05, 3.63) is 69.8 Å². The maximum absolute atomic E-state index is 13.3. The monoisotopic (exact) mass is 419 g/mol. The number of hydrogen-bond donors (Lipinski definition) is 0. The molecule has 31 heavy (non-hydrogen) atoms. The Labute approximate surface area is 176 Å². The second kappa shape index (κ2) is 6.21. The molecule has 0 spiro atoms. The summed E-state index contributed by atoms with van der Waals surface area (Å²) >= 11 is 0. The summed E-state index contributed by atoms with van der Waals surface area (Å²) in [6.07, 6.45) is -1.53. The number of benzene rings is 2. The first-order valence-electron chi connectivity index (χ1n) is 10.0. The highest BCUT2D eigenvalue weighted by Gasteiger charge is 2.72. The number of nitro groups is 1. The van der Waals surface area contributed by atoms with Crippen molar-refractivity contribution < 1.29 is 24.1 Å². The van der Waals surface area contributed by atoms with Gasteiger partial charge in [-0.3, -0.25) is 19.7 Å². The van der Waals surface area contributed by atoms with Crippen LogP contribution in [0.1, 0.15) is 11.1 Å². The lowest BCUT2D eigenvalue weighted by Crippen LogP contribution is -2.45. The molecule has 2 amide bonds. The Bertz CT molecular complexity index is 1160. The van der Waals surface area contributed by atoms with E-state index in [0.29, 0.717) is 17.0 Å². The van der Waals surface area contributed by atoms with Crippen LogP contribution < -0.4 is 4.90 Å². The van der Waals surface area contributed by atoms with Gasteiger partial charge in [-0.1, -0.05) is 22.9 Å². The molecule has 4 aliphatic rings. The van der Waals surface area contributed by atoms with E-state index in [1.807, 2.05) is 19.1 Å². The number of ether oxygens (including phenoxy) is 1. The van der Waals surface area contributed by atoms with Crippen LogP contribution in [0.15, 0.2) is 53.7 Å². The maximum atomic E-state index is 13.3. The molecule has 0 radical (unpaired) electrons. The van der Waals surface area contributed by atoms with Gasteiger partial charge in [0.2, 0.25) is 11.8 Å². The largest absolute Gasteiger partial charge is 0.389 e. The van der Waals surface area contributed by atoms with Crippen LogP contribution in [0.25, 0.3) is 0 Å². The molecule has 156 valence electrons. The van der Waals surface area contributed by atoms with E-state index in [1.165, 1.54) is 17.0 Å². The summed E-state index contributed by atoms with van der Waals surface area (Å²) in [5, 5.41) is 15.1. The molecular formula is C22H17N3O6. The number of amides is 2. The minimum absolute atomic E-state index is 0.0191. The van der Waals surface area contributed by atoms with Crippen LogP contribution in [0.4, 0.5) is 11.4 Å². The molecular weight excluding hydrogens is 402 g/mol. The molecule has 0 N–H and O–H groups in total. The summed E-state index contributed by atoms with van der Waals surface area (Å²) < 4.78 is 6.08. The number of non-ortho nitro benzene ring substituents is 1. The first kappa shape index (κ1) is 18.2. The van der Waals surface area contributed by atoms with E-state index in [9.17, 15) is 19.7 Å². The van der Waals surface area contributed by atoms with Gasteiger partial charge in [0.15, 0.2) is 6.10 Å². The number of imide groups is 1. The van der Waals surface area contributed by atoms with Crippen LogP contribution in [-0.4, -0.2) is 40.8 Å². The average Bonchev–Trinajstić information content (AvgIpc) is 3.49. The van der Waals surface area contributed by atoms with Crippen LogP contribution in [0, 0.1) is 34.8 Å². The molecule has 6 rings (SSSR count). The Morgan fingerprint density at radius 1 is 0.903 bits per heavy atom. The maximum Gasteiger partial charge on any atom is 0.269 e. The van der Waals surface area contributed by atoms with Gasteiger partial charge in [0.1, 0.15) is 6.10 Å². The minimum atomic E-state index is -0.593. The SMILES string of the molecule is Cc1ccc(N2C(=O)[C@@H]3[C@H]4O[C@@H]([C@@H]5C(c6ccc([N+](=O)[O-])cc6)=NO[C@@H]45)[C@H]3C2=O)cc1. The van der Waals surface area contributed by atoms with Gasteiger partial charge in [-0.2, -0.15) is 0 Å². The molecule has 0 aliphatic carbocycles. The van der Waals surface area contributed by atoms with E-state index in [1.54, 1.807) is 24.3 Å². The lowest BCUT2D eigenvalue weighted by Gasteiger charge is -2.26. The number of rotatable bonds is 3. The predicted molar refractivity (Wildman–Crippen MR) is 107 cm³/mol. The van der Waals surface area contributed by atoms with E-state index in [2.05, 4.69) is 5.16 Å². The van der Waals surface area contributed by atoms with E-state index in [4.69, 9.17) is 9.57 Å². The molecule has 0 saturated carbocycles. The molecule has 4 aliphatic heterocycles. The number of fused-ring (bicyclic) bond motifs is 8. The first-order chi connectivity index (χ1) is 15.0. The van der Waals surface area contributed by atoms with Crippen molar-refractivity contribution in [1.29, 1.82) is 0 Å². The van der Waals surface area contributed by atoms with Crippen molar-refractivity contribution in [2.75, 3.05) is 4.90 Å². The summed E-state index contributed by atoms with van der Waals surface area (Å²) in [4.78, 5) is 43.9. The third-order valence-corrected chi connectivity index (χ3v) is 6.71. The highest BCUT2D eigenvalue weighted by Crippen LogP contribution is 2.55. The molecule has 2 aromatic carbocycles. The summed E-state index contributed by atoms with van der Waals surface area (Å²) in [6, 6.07) is 13.3. The van der Waals surface area contributed by atoms with Crippen LogP contribution in [-0.2, 0) is 19.2 Å². The second-order valence-electron chi connectivity index (χ2n) is 8.34. The van der Waals surface area contributed by atoms with Gasteiger partial charge in [-0.25, -0.2) is 4.90 Å². The Morgan fingerprint density at radius 3 is 2.19 bits per heavy atom. The number of hydrogen-bond acceptors (Lipinski definition) is 7. The van der Waals surface area contributed by atoms with Crippen molar-refractivity contribution in [3.63, 3.8) is 0 Å². The van der Waals surface area contributed by atoms with E-state index < -0.39 is 35.1 Å². The highest BCUT2D eigenvalue weighted by atomic mass is 16.7. The zero-order valence-corrected chi connectivity index (χ0v) is 16.4. The third kappa shape index (κ3) is 2.37. The molecule has 6 atom stereocenters. The molecule has 9 nitrogen and oxygen atoms in total. The minimum Gasteiger partial charge on any atom is -0.389 e. The lowest BCUT2D eigenvalue weighted by molar-refractivity contribution is -0.384. The van der Waals surface area contributed by atoms with Crippen molar-refractivity contribution in [2.24, 2.45) is 22.9 Å². The zero-order chi connectivity index (χ0) is 21.4. The zero-order valence-electron chi connectivity index (χ0n) is 16.4. The molecule has 4 heterocycles. The average molecular weight is 419 g/mol. The standard InChI is InChI=1S/C22H17N3O6/c1-10-2-6-12(7-3-10)24-21(26)14-15(22(24)27)19-20-16(18(14)30-19)17(23-31-20)11-4-8-13(9-5-11)25(28)29/h2-9,14-16,18-20H,1H3/t14-,15-,16-,18+,19+,20+/m0/s1.